The number of nitrogens with one attached hydrogen (secondary N) is 1. The van der Waals surface area contributed by atoms with Crippen molar-refractivity contribution in [1.82, 2.24) is 14.5 Å². The Balaban J connectivity index is 2.27. The molecule has 2 heterocycles. The lowest BCUT2D eigenvalue weighted by molar-refractivity contribution is 0.409. The number of H-pyrrole nitrogens is 1. The predicted octanol–water partition coefficient (Wildman–Crippen LogP) is 1.72. The molecule has 2 aromatic heterocycles. The van der Waals surface area contributed by atoms with E-state index in [1.807, 2.05) is 34.9 Å². The second-order valence-electron chi connectivity index (χ2n) is 3.85. The SMILES string of the molecule is COc1cc2ncn(-c3ccccc3)c2[nH]c1=O. The van der Waals surface area contributed by atoms with Gasteiger partial charge >= 0.3 is 0 Å². The fourth-order valence-corrected chi connectivity index (χ4v) is 1.89. The van der Waals surface area contributed by atoms with Crippen LogP contribution in [0.3, 0.4) is 0 Å². The summed E-state index contributed by atoms with van der Waals surface area (Å²) < 4.78 is 6.80. The second-order valence-corrected chi connectivity index (χ2v) is 3.85. The first-order chi connectivity index (χ1) is 8.79. The molecule has 1 N–H and O–H groups in total. The van der Waals surface area contributed by atoms with E-state index in [-0.39, 0.29) is 11.3 Å². The van der Waals surface area contributed by atoms with Crippen LogP contribution in [0.5, 0.6) is 5.75 Å². The van der Waals surface area contributed by atoms with Gasteiger partial charge in [-0.1, -0.05) is 18.2 Å². The summed E-state index contributed by atoms with van der Waals surface area (Å²) >= 11 is 0. The van der Waals surface area contributed by atoms with E-state index in [1.54, 1.807) is 12.4 Å². The minimum absolute atomic E-state index is 0.261. The molecule has 90 valence electrons. The number of para-hydroxylation sites is 1. The first-order valence-electron chi connectivity index (χ1n) is 5.49. The van der Waals surface area contributed by atoms with Crippen LogP contribution in [0.4, 0.5) is 0 Å². The summed E-state index contributed by atoms with van der Waals surface area (Å²) in [5.41, 5.74) is 2.03. The fourth-order valence-electron chi connectivity index (χ4n) is 1.89. The van der Waals surface area contributed by atoms with E-state index in [0.29, 0.717) is 11.2 Å². The summed E-state index contributed by atoms with van der Waals surface area (Å²) in [5.74, 6) is 0.265. The summed E-state index contributed by atoms with van der Waals surface area (Å²) in [6, 6.07) is 11.3. The molecular formula is C13H11N3O2. The number of hydrogen-bond donors (Lipinski definition) is 1. The van der Waals surface area contributed by atoms with E-state index in [1.165, 1.54) is 7.11 Å². The number of aromatic nitrogens is 3. The van der Waals surface area contributed by atoms with Gasteiger partial charge in [0.2, 0.25) is 0 Å². The van der Waals surface area contributed by atoms with Gasteiger partial charge in [0.1, 0.15) is 17.5 Å². The molecule has 0 saturated heterocycles. The summed E-state index contributed by atoms with van der Waals surface area (Å²) in [6.07, 6.45) is 1.68. The number of nitrogens with zero attached hydrogens (tertiary/aromatic N) is 2. The highest BCUT2D eigenvalue weighted by Crippen LogP contribution is 2.17. The molecule has 0 amide bonds. The quantitative estimate of drug-likeness (QED) is 0.743. The Kier molecular flexibility index (Phi) is 2.37. The van der Waals surface area contributed by atoms with Crippen molar-refractivity contribution in [2.75, 3.05) is 7.11 Å². The molecule has 0 aliphatic heterocycles. The largest absolute Gasteiger partial charge is 0.491 e. The lowest BCUT2D eigenvalue weighted by Gasteiger charge is -2.03. The van der Waals surface area contributed by atoms with Crippen LogP contribution in [-0.4, -0.2) is 21.6 Å². The predicted molar refractivity (Wildman–Crippen MR) is 68.2 cm³/mol. The van der Waals surface area contributed by atoms with Gasteiger partial charge in [-0.15, -0.1) is 0 Å². The Bertz CT molecular complexity index is 744. The first-order valence-corrected chi connectivity index (χ1v) is 5.49. The molecule has 5 heteroatoms. The zero-order valence-electron chi connectivity index (χ0n) is 9.75. The van der Waals surface area contributed by atoms with Crippen LogP contribution in [0.25, 0.3) is 16.9 Å². The summed E-state index contributed by atoms with van der Waals surface area (Å²) in [7, 11) is 1.46. The maximum absolute atomic E-state index is 11.7. The molecule has 18 heavy (non-hydrogen) atoms. The third-order valence-corrected chi connectivity index (χ3v) is 2.77. The number of hydrogen-bond acceptors (Lipinski definition) is 3. The van der Waals surface area contributed by atoms with Gasteiger partial charge in [-0.3, -0.25) is 9.36 Å². The van der Waals surface area contributed by atoms with Gasteiger partial charge in [0.25, 0.3) is 5.56 Å². The Morgan fingerprint density at radius 3 is 2.78 bits per heavy atom. The van der Waals surface area contributed by atoms with Crippen molar-refractivity contribution in [3.63, 3.8) is 0 Å². The number of ether oxygens (including phenoxy) is 1. The van der Waals surface area contributed by atoms with E-state index in [4.69, 9.17) is 4.74 Å². The molecule has 0 unspecified atom stereocenters. The van der Waals surface area contributed by atoms with Crippen molar-refractivity contribution in [3.05, 3.63) is 53.1 Å². The maximum atomic E-state index is 11.7. The minimum Gasteiger partial charge on any atom is -0.491 e. The van der Waals surface area contributed by atoms with Crippen molar-refractivity contribution in [2.45, 2.75) is 0 Å². The van der Waals surface area contributed by atoms with Gasteiger partial charge in [0.05, 0.1) is 7.11 Å². The van der Waals surface area contributed by atoms with Gasteiger partial charge in [-0.2, -0.15) is 0 Å². The third-order valence-electron chi connectivity index (χ3n) is 2.77. The van der Waals surface area contributed by atoms with Crippen molar-refractivity contribution >= 4 is 11.2 Å². The van der Waals surface area contributed by atoms with Gasteiger partial charge in [0.15, 0.2) is 5.75 Å². The average molecular weight is 241 g/mol. The molecule has 0 atom stereocenters. The molecule has 0 spiro atoms. The van der Waals surface area contributed by atoms with Gasteiger partial charge in [0, 0.05) is 11.8 Å². The molecule has 0 aliphatic rings. The number of pyridine rings is 1. The lowest BCUT2D eigenvalue weighted by Crippen LogP contribution is -2.10. The molecule has 3 aromatic rings. The van der Waals surface area contributed by atoms with E-state index < -0.39 is 0 Å². The van der Waals surface area contributed by atoms with Crippen molar-refractivity contribution in [1.29, 1.82) is 0 Å². The van der Waals surface area contributed by atoms with Gasteiger partial charge in [-0.05, 0) is 12.1 Å². The monoisotopic (exact) mass is 241 g/mol. The van der Waals surface area contributed by atoms with Crippen LogP contribution >= 0.6 is 0 Å². The Morgan fingerprint density at radius 1 is 1.28 bits per heavy atom. The number of fused-ring (bicyclic) bond motifs is 1. The average Bonchev–Trinajstić information content (AvgIpc) is 2.81. The van der Waals surface area contributed by atoms with Gasteiger partial charge < -0.3 is 9.72 Å². The summed E-state index contributed by atoms with van der Waals surface area (Å²) in [5, 5.41) is 0. The van der Waals surface area contributed by atoms with Crippen molar-refractivity contribution in [3.8, 4) is 11.4 Å². The topological polar surface area (TPSA) is 59.9 Å². The fraction of sp³-hybridized carbons (Fsp3) is 0.0769. The van der Waals surface area contributed by atoms with E-state index in [9.17, 15) is 4.79 Å². The molecule has 0 radical (unpaired) electrons. The molecule has 1 aromatic carbocycles. The third kappa shape index (κ3) is 1.57. The van der Waals surface area contributed by atoms with E-state index in [2.05, 4.69) is 9.97 Å². The van der Waals surface area contributed by atoms with Crippen molar-refractivity contribution in [2.24, 2.45) is 0 Å². The maximum Gasteiger partial charge on any atom is 0.291 e. The lowest BCUT2D eigenvalue weighted by atomic mass is 10.3. The number of imidazole rings is 1. The Hall–Kier alpha value is -2.56. The second kappa shape index (κ2) is 4.03. The zero-order valence-corrected chi connectivity index (χ0v) is 9.75. The van der Waals surface area contributed by atoms with Crippen LogP contribution in [-0.2, 0) is 0 Å². The number of rotatable bonds is 2. The first kappa shape index (κ1) is 10.6. The number of benzene rings is 1. The molecule has 0 fully saturated rings. The normalized spacial score (nSPS) is 10.7. The van der Waals surface area contributed by atoms with Crippen molar-refractivity contribution < 1.29 is 4.74 Å². The minimum atomic E-state index is -0.261. The van der Waals surface area contributed by atoms with Crippen LogP contribution in [0, 0.1) is 0 Å². The molecule has 0 saturated carbocycles. The number of methoxy groups -OCH3 is 1. The molecule has 3 rings (SSSR count). The van der Waals surface area contributed by atoms with Gasteiger partial charge in [-0.25, -0.2) is 4.98 Å². The highest BCUT2D eigenvalue weighted by Gasteiger charge is 2.08. The highest BCUT2D eigenvalue weighted by molar-refractivity contribution is 5.74. The standard InChI is InChI=1S/C13H11N3O2/c1-18-11-7-10-12(15-13(11)17)16(8-14-10)9-5-3-2-4-6-9/h2-8H,1H3,(H,15,17). The molecular weight excluding hydrogens is 230 g/mol. The van der Waals surface area contributed by atoms with E-state index >= 15 is 0 Å². The van der Waals surface area contributed by atoms with Crippen LogP contribution < -0.4 is 10.3 Å². The van der Waals surface area contributed by atoms with E-state index in [0.717, 1.165) is 5.69 Å². The molecule has 0 aliphatic carbocycles. The highest BCUT2D eigenvalue weighted by atomic mass is 16.5. The molecule has 5 nitrogen and oxygen atoms in total. The van der Waals surface area contributed by atoms with Crippen LogP contribution in [0.2, 0.25) is 0 Å². The molecule has 0 bridgehead atoms. The summed E-state index contributed by atoms with van der Waals surface area (Å²) in [4.78, 5) is 18.8. The zero-order chi connectivity index (χ0) is 12.5. The van der Waals surface area contributed by atoms with Crippen LogP contribution in [0.1, 0.15) is 0 Å². The Morgan fingerprint density at radius 2 is 2.06 bits per heavy atom. The Labute approximate surface area is 103 Å². The van der Waals surface area contributed by atoms with Crippen LogP contribution in [0.15, 0.2) is 47.5 Å². The smallest absolute Gasteiger partial charge is 0.291 e. The summed E-state index contributed by atoms with van der Waals surface area (Å²) in [6.45, 7) is 0. The number of aromatic amines is 1.